The molecule has 1 atom stereocenters. The lowest BCUT2D eigenvalue weighted by Crippen LogP contribution is -2.31. The van der Waals surface area contributed by atoms with Crippen molar-refractivity contribution >= 4 is 15.9 Å². The Morgan fingerprint density at radius 2 is 2.05 bits per heavy atom. The molecule has 0 heterocycles. The highest BCUT2D eigenvalue weighted by Gasteiger charge is 2.21. The van der Waals surface area contributed by atoms with Gasteiger partial charge in [-0.05, 0) is 53.5 Å². The van der Waals surface area contributed by atoms with Crippen LogP contribution in [0.4, 0.5) is 0 Å². The van der Waals surface area contributed by atoms with Gasteiger partial charge in [0.25, 0.3) is 0 Å². The Bertz CT molecular complexity index is 435. The average molecular weight is 346 g/mol. The van der Waals surface area contributed by atoms with Gasteiger partial charge in [-0.15, -0.1) is 0 Å². The summed E-state index contributed by atoms with van der Waals surface area (Å²) in [6.45, 7) is 7.67. The number of benzene rings is 1. The maximum Gasteiger partial charge on any atom is 0.175 e. The highest BCUT2D eigenvalue weighted by Crippen LogP contribution is 2.37. The van der Waals surface area contributed by atoms with E-state index in [1.807, 2.05) is 19.1 Å². The third-order valence-electron chi connectivity index (χ3n) is 3.16. The van der Waals surface area contributed by atoms with Crippen molar-refractivity contribution in [2.75, 3.05) is 20.3 Å². The molecule has 0 spiro atoms. The predicted molar refractivity (Wildman–Crippen MR) is 84.5 cm³/mol. The van der Waals surface area contributed by atoms with Crippen LogP contribution in [0, 0.1) is 0 Å². The SMILES string of the molecule is CCNCc1cc(Br)c(OCC(C)(O)CC)c(OC)c1. The van der Waals surface area contributed by atoms with Gasteiger partial charge in [0.05, 0.1) is 17.2 Å². The Balaban J connectivity index is 2.90. The van der Waals surface area contributed by atoms with E-state index in [4.69, 9.17) is 9.47 Å². The molecule has 0 saturated carbocycles. The molecule has 0 saturated heterocycles. The number of hydrogen-bond acceptors (Lipinski definition) is 4. The monoisotopic (exact) mass is 345 g/mol. The van der Waals surface area contributed by atoms with Gasteiger partial charge in [0.1, 0.15) is 6.61 Å². The Hall–Kier alpha value is -0.780. The van der Waals surface area contributed by atoms with Crippen molar-refractivity contribution in [1.82, 2.24) is 5.32 Å². The standard InChI is InChI=1S/C15H24BrNO3/c1-5-15(3,18)10-20-14-12(16)7-11(9-17-6-2)8-13(14)19-4/h7-8,17-18H,5-6,9-10H2,1-4H3. The summed E-state index contributed by atoms with van der Waals surface area (Å²) in [6, 6.07) is 3.95. The van der Waals surface area contributed by atoms with E-state index >= 15 is 0 Å². The molecule has 1 unspecified atom stereocenters. The molecule has 0 radical (unpaired) electrons. The molecule has 4 nitrogen and oxygen atoms in total. The van der Waals surface area contributed by atoms with Crippen LogP contribution >= 0.6 is 15.9 Å². The fraction of sp³-hybridized carbons (Fsp3) is 0.600. The summed E-state index contributed by atoms with van der Waals surface area (Å²) in [5, 5.41) is 13.3. The van der Waals surface area contributed by atoms with Crippen LogP contribution in [0.3, 0.4) is 0 Å². The first kappa shape index (κ1) is 17.3. The lowest BCUT2D eigenvalue weighted by Gasteiger charge is -2.23. The van der Waals surface area contributed by atoms with Gasteiger partial charge in [0, 0.05) is 6.54 Å². The molecule has 2 N–H and O–H groups in total. The van der Waals surface area contributed by atoms with Crippen LogP contribution in [0.2, 0.25) is 0 Å². The largest absolute Gasteiger partial charge is 0.493 e. The summed E-state index contributed by atoms with van der Waals surface area (Å²) < 4.78 is 11.9. The van der Waals surface area contributed by atoms with Crippen molar-refractivity contribution < 1.29 is 14.6 Å². The summed E-state index contributed by atoms with van der Waals surface area (Å²) in [4.78, 5) is 0. The van der Waals surface area contributed by atoms with E-state index in [1.54, 1.807) is 14.0 Å². The smallest absolute Gasteiger partial charge is 0.175 e. The van der Waals surface area contributed by atoms with Crippen molar-refractivity contribution in [3.63, 3.8) is 0 Å². The van der Waals surface area contributed by atoms with Crippen molar-refractivity contribution in [2.24, 2.45) is 0 Å². The molecule has 0 aliphatic rings. The fourth-order valence-corrected chi connectivity index (χ4v) is 2.22. The summed E-state index contributed by atoms with van der Waals surface area (Å²) in [5.74, 6) is 1.29. The molecule has 20 heavy (non-hydrogen) atoms. The third-order valence-corrected chi connectivity index (χ3v) is 3.75. The molecular weight excluding hydrogens is 322 g/mol. The molecule has 114 valence electrons. The van der Waals surface area contributed by atoms with Crippen molar-refractivity contribution in [3.05, 3.63) is 22.2 Å². The Labute approximate surface area is 129 Å². The first-order chi connectivity index (χ1) is 9.43. The number of nitrogens with one attached hydrogen (secondary N) is 1. The van der Waals surface area contributed by atoms with E-state index in [1.165, 1.54) is 0 Å². The van der Waals surface area contributed by atoms with E-state index in [0.29, 0.717) is 17.9 Å². The van der Waals surface area contributed by atoms with E-state index in [2.05, 4.69) is 28.2 Å². The number of hydrogen-bond donors (Lipinski definition) is 2. The molecule has 0 aromatic heterocycles. The minimum atomic E-state index is -0.840. The summed E-state index contributed by atoms with van der Waals surface area (Å²) in [7, 11) is 1.61. The second-order valence-electron chi connectivity index (χ2n) is 5.03. The molecule has 0 aliphatic heterocycles. The van der Waals surface area contributed by atoms with Crippen LogP contribution in [-0.2, 0) is 6.54 Å². The van der Waals surface area contributed by atoms with E-state index < -0.39 is 5.60 Å². The second kappa shape index (κ2) is 7.86. The predicted octanol–water partition coefficient (Wildman–Crippen LogP) is 3.11. The minimum absolute atomic E-state index is 0.227. The van der Waals surface area contributed by atoms with Crippen LogP contribution in [0.5, 0.6) is 11.5 Å². The van der Waals surface area contributed by atoms with Crippen LogP contribution in [0.1, 0.15) is 32.8 Å². The van der Waals surface area contributed by atoms with Crippen LogP contribution in [0.15, 0.2) is 16.6 Å². The lowest BCUT2D eigenvalue weighted by atomic mass is 10.1. The van der Waals surface area contributed by atoms with Gasteiger partial charge in [-0.3, -0.25) is 0 Å². The highest BCUT2D eigenvalue weighted by atomic mass is 79.9. The van der Waals surface area contributed by atoms with Crippen molar-refractivity contribution in [3.8, 4) is 11.5 Å². The number of ether oxygens (including phenoxy) is 2. The first-order valence-corrected chi connectivity index (χ1v) is 7.65. The van der Waals surface area contributed by atoms with Gasteiger partial charge in [0.15, 0.2) is 11.5 Å². The molecule has 1 aromatic carbocycles. The second-order valence-corrected chi connectivity index (χ2v) is 5.88. The highest BCUT2D eigenvalue weighted by molar-refractivity contribution is 9.10. The Morgan fingerprint density at radius 3 is 2.60 bits per heavy atom. The molecule has 0 fully saturated rings. The fourth-order valence-electron chi connectivity index (χ4n) is 1.61. The van der Waals surface area contributed by atoms with Gasteiger partial charge >= 0.3 is 0 Å². The maximum atomic E-state index is 10.0. The maximum absolute atomic E-state index is 10.0. The van der Waals surface area contributed by atoms with Gasteiger partial charge < -0.3 is 19.9 Å². The number of aliphatic hydroxyl groups is 1. The van der Waals surface area contributed by atoms with E-state index in [-0.39, 0.29) is 6.61 Å². The van der Waals surface area contributed by atoms with Gasteiger partial charge in [-0.25, -0.2) is 0 Å². The Morgan fingerprint density at radius 1 is 1.35 bits per heavy atom. The third kappa shape index (κ3) is 4.96. The number of halogens is 1. The number of rotatable bonds is 8. The van der Waals surface area contributed by atoms with E-state index in [0.717, 1.165) is 23.1 Å². The Kier molecular flexibility index (Phi) is 6.79. The number of methoxy groups -OCH3 is 1. The zero-order chi connectivity index (χ0) is 15.2. The lowest BCUT2D eigenvalue weighted by molar-refractivity contribution is 0.00750. The molecule has 1 aromatic rings. The minimum Gasteiger partial charge on any atom is -0.493 e. The van der Waals surface area contributed by atoms with Gasteiger partial charge in [-0.2, -0.15) is 0 Å². The molecule has 1 rings (SSSR count). The summed E-state index contributed by atoms with van der Waals surface area (Å²) >= 11 is 3.51. The van der Waals surface area contributed by atoms with Crippen LogP contribution in [0.25, 0.3) is 0 Å². The quantitative estimate of drug-likeness (QED) is 0.760. The van der Waals surface area contributed by atoms with Crippen LogP contribution < -0.4 is 14.8 Å². The van der Waals surface area contributed by atoms with Crippen molar-refractivity contribution in [2.45, 2.75) is 39.3 Å². The molecule has 0 aliphatic carbocycles. The zero-order valence-electron chi connectivity index (χ0n) is 12.6. The van der Waals surface area contributed by atoms with Gasteiger partial charge in [-0.1, -0.05) is 13.8 Å². The summed E-state index contributed by atoms with van der Waals surface area (Å²) in [6.07, 6.45) is 0.630. The molecule has 0 amide bonds. The first-order valence-electron chi connectivity index (χ1n) is 6.85. The normalized spacial score (nSPS) is 13.9. The topological polar surface area (TPSA) is 50.7 Å². The van der Waals surface area contributed by atoms with Crippen molar-refractivity contribution in [1.29, 1.82) is 0 Å². The molecule has 0 bridgehead atoms. The zero-order valence-corrected chi connectivity index (χ0v) is 14.2. The average Bonchev–Trinajstić information content (AvgIpc) is 2.43. The summed E-state index contributed by atoms with van der Waals surface area (Å²) in [5.41, 5.74) is 0.276. The van der Waals surface area contributed by atoms with Crippen LogP contribution in [-0.4, -0.2) is 31.0 Å². The molecular formula is C15H24BrNO3. The molecule has 5 heteroatoms. The van der Waals surface area contributed by atoms with E-state index in [9.17, 15) is 5.11 Å². The van der Waals surface area contributed by atoms with Gasteiger partial charge in [0.2, 0.25) is 0 Å².